The summed E-state index contributed by atoms with van der Waals surface area (Å²) in [6.07, 6.45) is 7.86. The Kier molecular flexibility index (Phi) is 3.78. The molecule has 2 heterocycles. The second-order valence-electron chi connectivity index (χ2n) is 5.04. The van der Waals surface area contributed by atoms with Crippen LogP contribution in [0.2, 0.25) is 0 Å². The van der Waals surface area contributed by atoms with Crippen LogP contribution < -0.4 is 9.47 Å². The summed E-state index contributed by atoms with van der Waals surface area (Å²) in [6.45, 7) is 0. The van der Waals surface area contributed by atoms with Crippen molar-refractivity contribution < 1.29 is 9.47 Å². The summed E-state index contributed by atoms with van der Waals surface area (Å²) in [6, 6.07) is 4.07. The highest BCUT2D eigenvalue weighted by Gasteiger charge is 2.39. The Labute approximate surface area is 133 Å². The van der Waals surface area contributed by atoms with E-state index >= 15 is 0 Å². The van der Waals surface area contributed by atoms with Crippen LogP contribution in [-0.4, -0.2) is 34.4 Å². The first-order chi connectivity index (χ1) is 11.2. The third-order valence-corrected chi connectivity index (χ3v) is 3.72. The fourth-order valence-electron chi connectivity index (χ4n) is 2.41. The highest BCUT2D eigenvalue weighted by molar-refractivity contribution is 5.65. The number of nitriles is 1. The third kappa shape index (κ3) is 2.65. The van der Waals surface area contributed by atoms with Gasteiger partial charge in [-0.15, -0.1) is 22.5 Å². The topological polar surface area (TPSA) is 93.8 Å². The number of hydrogen-bond donors (Lipinski definition) is 0. The van der Waals surface area contributed by atoms with Crippen molar-refractivity contribution in [1.82, 2.24) is 20.2 Å². The smallest absolute Gasteiger partial charge is 0.319 e. The molecule has 0 aliphatic heterocycles. The van der Waals surface area contributed by atoms with Gasteiger partial charge in [-0.1, -0.05) is 0 Å². The fourth-order valence-corrected chi connectivity index (χ4v) is 2.41. The summed E-state index contributed by atoms with van der Waals surface area (Å²) in [5.74, 6) is 3.33. The molecule has 23 heavy (non-hydrogen) atoms. The highest BCUT2D eigenvalue weighted by Crippen LogP contribution is 2.48. The number of nitrogens with zero attached hydrogens (tertiary/aromatic N) is 5. The normalized spacial score (nSPS) is 18.6. The van der Waals surface area contributed by atoms with E-state index in [2.05, 4.69) is 32.2 Å². The van der Waals surface area contributed by atoms with Gasteiger partial charge in [0.05, 0.1) is 19.8 Å². The lowest BCUT2D eigenvalue weighted by atomic mass is 10.1. The Morgan fingerprint density at radius 2 is 2.13 bits per heavy atom. The summed E-state index contributed by atoms with van der Waals surface area (Å²) in [4.78, 5) is 8.20. The first kappa shape index (κ1) is 14.7. The second-order valence-corrected chi connectivity index (χ2v) is 5.04. The predicted molar refractivity (Wildman–Crippen MR) is 80.6 cm³/mol. The molecule has 0 saturated heterocycles. The van der Waals surface area contributed by atoms with E-state index in [0.717, 1.165) is 12.0 Å². The van der Waals surface area contributed by atoms with Crippen LogP contribution in [0.5, 0.6) is 11.9 Å². The minimum absolute atomic E-state index is 0.146. The molecule has 0 amide bonds. The van der Waals surface area contributed by atoms with Crippen molar-refractivity contribution in [3.05, 3.63) is 23.5 Å². The first-order valence-corrected chi connectivity index (χ1v) is 6.91. The molecule has 2 aromatic rings. The van der Waals surface area contributed by atoms with Gasteiger partial charge < -0.3 is 9.47 Å². The zero-order valence-electron chi connectivity index (χ0n) is 12.6. The van der Waals surface area contributed by atoms with Gasteiger partial charge in [0.1, 0.15) is 11.8 Å². The lowest BCUT2D eigenvalue weighted by molar-refractivity contribution is 0.353. The summed E-state index contributed by atoms with van der Waals surface area (Å²) in [5.41, 5.74) is 2.20. The van der Waals surface area contributed by atoms with E-state index in [1.54, 1.807) is 12.3 Å². The van der Waals surface area contributed by atoms with Crippen molar-refractivity contribution in [1.29, 1.82) is 5.26 Å². The van der Waals surface area contributed by atoms with Gasteiger partial charge in [-0.3, -0.25) is 0 Å². The largest absolute Gasteiger partial charge is 0.480 e. The lowest BCUT2D eigenvalue weighted by Gasteiger charge is -2.09. The molecule has 1 aliphatic rings. The monoisotopic (exact) mass is 307 g/mol. The van der Waals surface area contributed by atoms with E-state index in [4.69, 9.17) is 15.9 Å². The average Bonchev–Trinajstić information content (AvgIpc) is 3.40. The summed E-state index contributed by atoms with van der Waals surface area (Å²) in [5, 5.41) is 17.3. The molecule has 0 radical (unpaired) electrons. The maximum atomic E-state index is 9.21. The van der Waals surface area contributed by atoms with Crippen molar-refractivity contribution in [2.75, 3.05) is 14.2 Å². The quantitative estimate of drug-likeness (QED) is 0.791. The van der Waals surface area contributed by atoms with Crippen molar-refractivity contribution in [2.45, 2.75) is 12.3 Å². The van der Waals surface area contributed by atoms with Crippen LogP contribution in [0.25, 0.3) is 11.3 Å². The molecular formula is C16H13N5O2. The zero-order chi connectivity index (χ0) is 16.4. The second kappa shape index (κ2) is 5.90. The molecule has 1 aliphatic carbocycles. The molecular weight excluding hydrogens is 294 g/mol. The molecule has 0 N–H and O–H groups in total. The van der Waals surface area contributed by atoms with Gasteiger partial charge in [0.2, 0.25) is 5.88 Å². The van der Waals surface area contributed by atoms with E-state index in [9.17, 15) is 5.26 Å². The van der Waals surface area contributed by atoms with Gasteiger partial charge in [0.15, 0.2) is 5.69 Å². The van der Waals surface area contributed by atoms with Crippen LogP contribution >= 0.6 is 0 Å². The van der Waals surface area contributed by atoms with Crippen LogP contribution in [-0.2, 0) is 0 Å². The van der Waals surface area contributed by atoms with Gasteiger partial charge in [-0.25, -0.2) is 4.98 Å². The van der Waals surface area contributed by atoms with Crippen LogP contribution in [0.1, 0.15) is 23.6 Å². The van der Waals surface area contributed by atoms with E-state index in [0.29, 0.717) is 22.8 Å². The molecule has 0 unspecified atom stereocenters. The van der Waals surface area contributed by atoms with Crippen LogP contribution in [0.4, 0.5) is 0 Å². The van der Waals surface area contributed by atoms with E-state index in [1.807, 2.05) is 0 Å². The maximum absolute atomic E-state index is 9.21. The van der Waals surface area contributed by atoms with Crippen LogP contribution in [0.15, 0.2) is 12.3 Å². The van der Waals surface area contributed by atoms with E-state index < -0.39 is 0 Å². The number of terminal acetylenes is 1. The Hall–Kier alpha value is -3.19. The van der Waals surface area contributed by atoms with E-state index in [1.165, 1.54) is 14.2 Å². The molecule has 3 rings (SSSR count). The zero-order valence-corrected chi connectivity index (χ0v) is 12.6. The highest BCUT2D eigenvalue weighted by atomic mass is 16.5. The average molecular weight is 307 g/mol. The number of aromatic nitrogens is 4. The maximum Gasteiger partial charge on any atom is 0.319 e. The molecule has 0 spiro atoms. The molecule has 2 aromatic heterocycles. The van der Waals surface area contributed by atoms with Gasteiger partial charge in [0.25, 0.3) is 0 Å². The molecule has 0 aromatic carbocycles. The van der Waals surface area contributed by atoms with Gasteiger partial charge in [-0.05, 0) is 18.1 Å². The minimum atomic E-state index is 0.146. The number of rotatable bonds is 4. The van der Waals surface area contributed by atoms with Crippen molar-refractivity contribution in [2.24, 2.45) is 5.92 Å². The molecule has 0 bridgehead atoms. The van der Waals surface area contributed by atoms with Gasteiger partial charge in [0, 0.05) is 18.0 Å². The third-order valence-electron chi connectivity index (χ3n) is 3.72. The van der Waals surface area contributed by atoms with Crippen molar-refractivity contribution in [3.63, 3.8) is 0 Å². The van der Waals surface area contributed by atoms with Crippen LogP contribution in [0, 0.1) is 29.6 Å². The number of methoxy groups -OCH3 is 2. The Balaban J connectivity index is 2.06. The molecule has 7 heteroatoms. The fraction of sp³-hybridized carbons (Fsp3) is 0.312. The lowest BCUT2D eigenvalue weighted by Crippen LogP contribution is -2.02. The standard InChI is InChI=1S/C16H13N5O2/c1-4-9-5-10(9)11-6-13(20-21-14(11)7-17)12-8-18-16(23-3)19-15(12)22-2/h1,6,8-10H,5H2,2-3H3/t9-,10-/m0/s1. The number of hydrogen-bond acceptors (Lipinski definition) is 7. The Bertz CT molecular complexity index is 837. The predicted octanol–water partition coefficient (Wildman–Crippen LogP) is 1.56. The summed E-state index contributed by atoms with van der Waals surface area (Å²) < 4.78 is 10.2. The minimum Gasteiger partial charge on any atom is -0.480 e. The first-order valence-electron chi connectivity index (χ1n) is 6.91. The molecule has 7 nitrogen and oxygen atoms in total. The molecule has 2 atom stereocenters. The van der Waals surface area contributed by atoms with Crippen molar-refractivity contribution in [3.8, 4) is 41.6 Å². The summed E-state index contributed by atoms with van der Waals surface area (Å²) in [7, 11) is 2.97. The Morgan fingerprint density at radius 1 is 1.30 bits per heavy atom. The van der Waals surface area contributed by atoms with Gasteiger partial charge in [-0.2, -0.15) is 10.2 Å². The van der Waals surface area contributed by atoms with E-state index in [-0.39, 0.29) is 17.8 Å². The van der Waals surface area contributed by atoms with Crippen LogP contribution in [0.3, 0.4) is 0 Å². The summed E-state index contributed by atoms with van der Waals surface area (Å²) >= 11 is 0. The SMILES string of the molecule is C#C[C@H]1C[C@@H]1c1cc(-c2cnc(OC)nc2OC)nnc1C#N. The van der Waals surface area contributed by atoms with Crippen molar-refractivity contribution >= 4 is 0 Å². The molecule has 1 fully saturated rings. The molecule has 1 saturated carbocycles. The molecule has 114 valence electrons. The Morgan fingerprint density at radius 3 is 2.74 bits per heavy atom. The number of ether oxygens (including phenoxy) is 2. The van der Waals surface area contributed by atoms with Gasteiger partial charge >= 0.3 is 6.01 Å².